The van der Waals surface area contributed by atoms with Crippen LogP contribution in [0.1, 0.15) is 11.6 Å². The summed E-state index contributed by atoms with van der Waals surface area (Å²) in [6.07, 6.45) is 0. The van der Waals surface area contributed by atoms with E-state index >= 15 is 0 Å². The van der Waals surface area contributed by atoms with Crippen molar-refractivity contribution in [2.24, 2.45) is 0 Å². The molecule has 1 N–H and O–H groups in total. The van der Waals surface area contributed by atoms with Crippen molar-refractivity contribution in [2.45, 2.75) is 6.04 Å². The number of benzene rings is 2. The van der Waals surface area contributed by atoms with Crippen LogP contribution in [0.25, 0.3) is 0 Å². The van der Waals surface area contributed by atoms with Gasteiger partial charge in [0.05, 0.1) is 36.4 Å². The number of carbonyl (C=O) groups is 3. The van der Waals surface area contributed by atoms with E-state index in [0.29, 0.717) is 5.02 Å². The molecule has 1 aliphatic heterocycles. The Balaban J connectivity index is 2.28. The molecule has 2 aromatic rings. The number of non-ortho nitro benzene ring substituents is 1. The van der Waals surface area contributed by atoms with Crippen molar-refractivity contribution in [1.29, 1.82) is 0 Å². The number of rotatable bonds is 5. The number of nitro groups is 1. The van der Waals surface area contributed by atoms with Gasteiger partial charge in [0.15, 0.2) is 0 Å². The quantitative estimate of drug-likeness (QED) is 0.425. The van der Waals surface area contributed by atoms with Gasteiger partial charge in [-0.3, -0.25) is 15.0 Å². The number of hydrogen-bond acceptors (Lipinski definition) is 7. The number of ether oxygens (including phenoxy) is 2. The summed E-state index contributed by atoms with van der Waals surface area (Å²) in [6, 6.07) is 9.35. The zero-order chi connectivity index (χ0) is 22.7. The molecule has 160 valence electrons. The number of carbonyl (C=O) groups excluding carboxylic acids is 3. The minimum Gasteiger partial charge on any atom is -0.466 e. The fourth-order valence-corrected chi connectivity index (χ4v) is 3.27. The third kappa shape index (κ3) is 4.19. The second kappa shape index (κ2) is 8.84. The van der Waals surface area contributed by atoms with E-state index < -0.39 is 28.9 Å². The summed E-state index contributed by atoms with van der Waals surface area (Å²) in [6.45, 7) is 0. The van der Waals surface area contributed by atoms with Gasteiger partial charge in [-0.15, -0.1) is 0 Å². The molecule has 2 amide bonds. The highest BCUT2D eigenvalue weighted by atomic mass is 35.5. The van der Waals surface area contributed by atoms with Crippen LogP contribution in [0.2, 0.25) is 5.02 Å². The lowest BCUT2D eigenvalue weighted by Gasteiger charge is -2.35. The second-order valence-corrected chi connectivity index (χ2v) is 6.73. The molecular formula is C20H16ClN3O7. The first-order chi connectivity index (χ1) is 14.8. The van der Waals surface area contributed by atoms with Gasteiger partial charge in [-0.1, -0.05) is 23.7 Å². The number of urea groups is 1. The van der Waals surface area contributed by atoms with E-state index in [9.17, 15) is 24.5 Å². The first-order valence-corrected chi connectivity index (χ1v) is 9.17. The summed E-state index contributed by atoms with van der Waals surface area (Å²) in [5.74, 6) is -1.89. The van der Waals surface area contributed by atoms with Crippen LogP contribution < -0.4 is 10.2 Å². The largest absolute Gasteiger partial charge is 0.466 e. The summed E-state index contributed by atoms with van der Waals surface area (Å²) < 4.78 is 9.67. The molecule has 31 heavy (non-hydrogen) atoms. The van der Waals surface area contributed by atoms with Gasteiger partial charge in [-0.25, -0.2) is 14.4 Å². The van der Waals surface area contributed by atoms with Crippen LogP contribution in [-0.4, -0.2) is 37.1 Å². The van der Waals surface area contributed by atoms with Gasteiger partial charge in [0.2, 0.25) is 0 Å². The molecule has 3 rings (SSSR count). The standard InChI is InChI=1S/C20H16ClN3O7/c1-30-18(25)15-16(11-4-3-5-14(10-11)24(28)29)22-20(27)23(17(15)19(26)31-2)13-8-6-12(21)7-9-13/h3-10,16H,1-2H3,(H,22,27)/t16-/m0/s1. The molecule has 1 atom stereocenters. The van der Waals surface area contributed by atoms with Gasteiger partial charge in [0.1, 0.15) is 5.70 Å². The number of amides is 2. The Kier molecular flexibility index (Phi) is 6.21. The van der Waals surface area contributed by atoms with Crippen molar-refractivity contribution < 1.29 is 28.8 Å². The maximum Gasteiger partial charge on any atom is 0.355 e. The Morgan fingerprint density at radius 3 is 2.32 bits per heavy atom. The zero-order valence-corrected chi connectivity index (χ0v) is 17.1. The Morgan fingerprint density at radius 2 is 1.74 bits per heavy atom. The average molecular weight is 446 g/mol. The van der Waals surface area contributed by atoms with Gasteiger partial charge in [0.25, 0.3) is 5.69 Å². The van der Waals surface area contributed by atoms with E-state index in [2.05, 4.69) is 5.32 Å². The molecule has 10 nitrogen and oxygen atoms in total. The van der Waals surface area contributed by atoms with Gasteiger partial charge in [-0.2, -0.15) is 0 Å². The number of hydrogen-bond donors (Lipinski definition) is 1. The Hall–Kier alpha value is -3.92. The fraction of sp³-hybridized carbons (Fsp3) is 0.150. The Morgan fingerprint density at radius 1 is 1.10 bits per heavy atom. The number of nitrogens with zero attached hydrogens (tertiary/aromatic N) is 2. The van der Waals surface area contributed by atoms with Crippen LogP contribution in [0.5, 0.6) is 0 Å². The molecule has 1 aliphatic rings. The van der Waals surface area contributed by atoms with E-state index in [4.69, 9.17) is 21.1 Å². The van der Waals surface area contributed by atoms with Crippen LogP contribution in [0.4, 0.5) is 16.2 Å². The predicted octanol–water partition coefficient (Wildman–Crippen LogP) is 3.12. The molecule has 0 aromatic heterocycles. The van der Waals surface area contributed by atoms with E-state index in [1.54, 1.807) is 0 Å². The third-order valence-electron chi connectivity index (χ3n) is 4.52. The molecule has 0 saturated carbocycles. The number of esters is 2. The van der Waals surface area contributed by atoms with Crippen molar-refractivity contribution in [3.05, 3.63) is 80.5 Å². The van der Waals surface area contributed by atoms with Crippen molar-refractivity contribution in [1.82, 2.24) is 5.32 Å². The number of methoxy groups -OCH3 is 2. The zero-order valence-electron chi connectivity index (χ0n) is 16.3. The van der Waals surface area contributed by atoms with Crippen molar-refractivity contribution in [3.8, 4) is 0 Å². The number of nitro benzene ring substituents is 1. The molecule has 0 fully saturated rings. The molecule has 11 heteroatoms. The molecule has 1 heterocycles. The highest BCUT2D eigenvalue weighted by Gasteiger charge is 2.42. The maximum atomic E-state index is 13.0. The predicted molar refractivity (Wildman–Crippen MR) is 109 cm³/mol. The van der Waals surface area contributed by atoms with Gasteiger partial charge >= 0.3 is 18.0 Å². The fourth-order valence-electron chi connectivity index (χ4n) is 3.15. The summed E-state index contributed by atoms with van der Waals surface area (Å²) >= 11 is 5.91. The summed E-state index contributed by atoms with van der Waals surface area (Å²) in [7, 11) is 2.21. The van der Waals surface area contributed by atoms with Crippen LogP contribution in [0.3, 0.4) is 0 Å². The summed E-state index contributed by atoms with van der Waals surface area (Å²) in [4.78, 5) is 50.0. The lowest BCUT2D eigenvalue weighted by molar-refractivity contribution is -0.384. The normalized spacial score (nSPS) is 15.9. The Bertz CT molecular complexity index is 1100. The topological polar surface area (TPSA) is 128 Å². The van der Waals surface area contributed by atoms with Gasteiger partial charge in [-0.05, 0) is 29.8 Å². The van der Waals surface area contributed by atoms with E-state index in [0.717, 1.165) is 19.1 Å². The van der Waals surface area contributed by atoms with Crippen LogP contribution in [0.15, 0.2) is 59.8 Å². The van der Waals surface area contributed by atoms with Crippen LogP contribution in [0, 0.1) is 10.1 Å². The molecule has 0 saturated heterocycles. The minimum absolute atomic E-state index is 0.208. The summed E-state index contributed by atoms with van der Waals surface area (Å²) in [5.41, 5.74) is -0.432. The monoisotopic (exact) mass is 445 g/mol. The molecule has 0 bridgehead atoms. The number of halogens is 1. The SMILES string of the molecule is COC(=O)C1=C(C(=O)OC)N(c2ccc(Cl)cc2)C(=O)N[C@H]1c1cccc([N+](=O)[O-])c1. The highest BCUT2D eigenvalue weighted by molar-refractivity contribution is 6.30. The highest BCUT2D eigenvalue weighted by Crippen LogP contribution is 2.36. The van der Waals surface area contributed by atoms with Crippen molar-refractivity contribution in [2.75, 3.05) is 19.1 Å². The van der Waals surface area contributed by atoms with Crippen LogP contribution >= 0.6 is 11.6 Å². The first-order valence-electron chi connectivity index (χ1n) is 8.79. The molecule has 0 radical (unpaired) electrons. The molecule has 0 aliphatic carbocycles. The molecule has 0 spiro atoms. The van der Waals surface area contributed by atoms with Crippen LogP contribution in [-0.2, 0) is 19.1 Å². The molecule has 0 unspecified atom stereocenters. The smallest absolute Gasteiger partial charge is 0.355 e. The lowest BCUT2D eigenvalue weighted by atomic mass is 9.93. The molecular weight excluding hydrogens is 430 g/mol. The number of nitrogens with one attached hydrogen (secondary N) is 1. The Labute approximate surface area is 181 Å². The third-order valence-corrected chi connectivity index (χ3v) is 4.77. The summed E-state index contributed by atoms with van der Waals surface area (Å²) in [5, 5.41) is 14.2. The number of anilines is 1. The van der Waals surface area contributed by atoms with Gasteiger partial charge in [0, 0.05) is 17.2 Å². The van der Waals surface area contributed by atoms with E-state index in [1.165, 1.54) is 48.5 Å². The first kappa shape index (κ1) is 21.8. The molecule has 2 aromatic carbocycles. The van der Waals surface area contributed by atoms with E-state index in [-0.39, 0.29) is 28.2 Å². The average Bonchev–Trinajstić information content (AvgIpc) is 2.78. The maximum absolute atomic E-state index is 13.0. The van der Waals surface area contributed by atoms with E-state index in [1.807, 2.05) is 0 Å². The van der Waals surface area contributed by atoms with Gasteiger partial charge < -0.3 is 14.8 Å². The lowest BCUT2D eigenvalue weighted by Crippen LogP contribution is -2.50. The van der Waals surface area contributed by atoms with Crippen molar-refractivity contribution in [3.63, 3.8) is 0 Å². The minimum atomic E-state index is -1.20. The van der Waals surface area contributed by atoms with Crippen molar-refractivity contribution >= 4 is 40.9 Å². The second-order valence-electron chi connectivity index (χ2n) is 6.29.